The average Bonchev–Trinajstić information content (AvgIpc) is 2.75. The second kappa shape index (κ2) is 6.29. The lowest BCUT2D eigenvalue weighted by Gasteiger charge is -2.05. The second-order valence-electron chi connectivity index (χ2n) is 3.96. The molecule has 102 valence electrons. The molecule has 4 nitrogen and oxygen atoms in total. The average molecular weight is 408 g/mol. The predicted octanol–water partition coefficient (Wildman–Crippen LogP) is 2.58. The Morgan fingerprint density at radius 2 is 2.00 bits per heavy atom. The number of rotatable bonds is 5. The van der Waals surface area contributed by atoms with Crippen molar-refractivity contribution in [2.24, 2.45) is 0 Å². The van der Waals surface area contributed by atoms with E-state index in [1.807, 2.05) is 12.3 Å². The van der Waals surface area contributed by atoms with Gasteiger partial charge >= 0.3 is 0 Å². The molecule has 2 rings (SSSR count). The highest BCUT2D eigenvalue weighted by molar-refractivity contribution is 14.1. The highest BCUT2D eigenvalue weighted by atomic mass is 127. The minimum atomic E-state index is -3.42. The molecule has 0 aliphatic heterocycles. The molecule has 19 heavy (non-hydrogen) atoms. The maximum absolute atomic E-state index is 12.0. The van der Waals surface area contributed by atoms with Gasteiger partial charge in [0.25, 0.3) is 0 Å². The molecule has 0 aliphatic rings. The van der Waals surface area contributed by atoms with E-state index in [0.717, 1.165) is 14.3 Å². The molecule has 0 spiro atoms. The van der Waals surface area contributed by atoms with Crippen LogP contribution in [0.25, 0.3) is 0 Å². The molecule has 0 saturated carbocycles. The van der Waals surface area contributed by atoms with Crippen LogP contribution < -0.4 is 4.72 Å². The number of aromatic nitrogens is 1. The van der Waals surface area contributed by atoms with E-state index in [2.05, 4.69) is 32.3 Å². The zero-order chi connectivity index (χ0) is 13.9. The molecule has 0 unspecified atom stereocenters. The number of halogens is 1. The van der Waals surface area contributed by atoms with Gasteiger partial charge in [-0.1, -0.05) is 0 Å². The minimum Gasteiger partial charge on any atom is -0.247 e. The lowest BCUT2D eigenvalue weighted by Crippen LogP contribution is -2.26. The third-order valence-corrected chi connectivity index (χ3v) is 5.48. The van der Waals surface area contributed by atoms with Crippen LogP contribution in [-0.2, 0) is 16.4 Å². The van der Waals surface area contributed by atoms with E-state index >= 15 is 0 Å². The molecule has 0 aliphatic carbocycles. The van der Waals surface area contributed by atoms with Crippen LogP contribution in [0.15, 0.2) is 34.5 Å². The molecule has 0 saturated heterocycles. The molecule has 0 amide bonds. The molecule has 7 heteroatoms. The van der Waals surface area contributed by atoms with E-state index in [4.69, 9.17) is 0 Å². The number of hydrogen-bond donors (Lipinski definition) is 1. The van der Waals surface area contributed by atoms with Crippen LogP contribution in [-0.4, -0.2) is 19.9 Å². The van der Waals surface area contributed by atoms with Gasteiger partial charge in [0.05, 0.1) is 15.6 Å². The standard InChI is InChI=1S/C12H13IN2O2S2/c1-9-15-11(8-18-9)6-7-14-19(16,17)12-4-2-10(13)3-5-12/h2-5,8,14H,6-7H2,1H3. The van der Waals surface area contributed by atoms with Gasteiger partial charge in [0, 0.05) is 21.9 Å². The number of nitrogens with one attached hydrogen (secondary N) is 1. The number of benzene rings is 1. The zero-order valence-electron chi connectivity index (χ0n) is 10.3. The molecule has 1 aromatic heterocycles. The van der Waals surface area contributed by atoms with Gasteiger partial charge in [-0.25, -0.2) is 18.1 Å². The molecule has 0 atom stereocenters. The first kappa shape index (κ1) is 14.9. The van der Waals surface area contributed by atoms with Crippen molar-refractivity contribution in [3.63, 3.8) is 0 Å². The van der Waals surface area contributed by atoms with Crippen LogP contribution >= 0.6 is 33.9 Å². The summed E-state index contributed by atoms with van der Waals surface area (Å²) in [6.45, 7) is 2.29. The van der Waals surface area contributed by atoms with Crippen LogP contribution in [0.2, 0.25) is 0 Å². The molecule has 0 bridgehead atoms. The molecule has 1 N–H and O–H groups in total. The van der Waals surface area contributed by atoms with Crippen LogP contribution in [0.4, 0.5) is 0 Å². The lowest BCUT2D eigenvalue weighted by atomic mass is 10.3. The van der Waals surface area contributed by atoms with Gasteiger partial charge < -0.3 is 0 Å². The topological polar surface area (TPSA) is 59.1 Å². The Hall–Kier alpha value is -0.510. The van der Waals surface area contributed by atoms with Gasteiger partial charge in [-0.2, -0.15) is 0 Å². The van der Waals surface area contributed by atoms with Gasteiger partial charge in [-0.05, 0) is 53.8 Å². The smallest absolute Gasteiger partial charge is 0.240 e. The first-order valence-corrected chi connectivity index (χ1v) is 9.08. The van der Waals surface area contributed by atoms with E-state index in [1.165, 1.54) is 0 Å². The summed E-state index contributed by atoms with van der Waals surface area (Å²) in [4.78, 5) is 4.59. The van der Waals surface area contributed by atoms with E-state index in [0.29, 0.717) is 17.9 Å². The van der Waals surface area contributed by atoms with Crippen molar-refractivity contribution < 1.29 is 8.42 Å². The van der Waals surface area contributed by atoms with E-state index in [9.17, 15) is 8.42 Å². The maximum atomic E-state index is 12.0. The summed E-state index contributed by atoms with van der Waals surface area (Å²) < 4.78 is 27.6. The van der Waals surface area contributed by atoms with E-state index < -0.39 is 10.0 Å². The fourth-order valence-electron chi connectivity index (χ4n) is 1.53. The predicted molar refractivity (Wildman–Crippen MR) is 84.9 cm³/mol. The van der Waals surface area contributed by atoms with E-state index in [1.54, 1.807) is 35.6 Å². The number of nitrogens with zero attached hydrogens (tertiary/aromatic N) is 1. The largest absolute Gasteiger partial charge is 0.247 e. The molecular weight excluding hydrogens is 395 g/mol. The summed E-state index contributed by atoms with van der Waals surface area (Å²) in [7, 11) is -3.42. The van der Waals surface area contributed by atoms with Gasteiger partial charge in [0.15, 0.2) is 0 Å². The number of sulfonamides is 1. The third kappa shape index (κ3) is 4.23. The van der Waals surface area contributed by atoms with Crippen molar-refractivity contribution in [2.45, 2.75) is 18.2 Å². The summed E-state index contributed by atoms with van der Waals surface area (Å²) in [5.41, 5.74) is 0.924. The first-order valence-electron chi connectivity index (χ1n) is 5.63. The summed E-state index contributed by atoms with van der Waals surface area (Å²) >= 11 is 3.71. The molecular formula is C12H13IN2O2S2. The van der Waals surface area contributed by atoms with Crippen molar-refractivity contribution in [1.82, 2.24) is 9.71 Å². The number of aryl methyl sites for hydroxylation is 1. The van der Waals surface area contributed by atoms with Crippen molar-refractivity contribution in [3.05, 3.63) is 43.9 Å². The van der Waals surface area contributed by atoms with Gasteiger partial charge in [-0.3, -0.25) is 0 Å². The van der Waals surface area contributed by atoms with E-state index in [-0.39, 0.29) is 0 Å². The molecule has 2 aromatic rings. The monoisotopic (exact) mass is 408 g/mol. The Labute approximate surface area is 130 Å². The summed E-state index contributed by atoms with van der Waals surface area (Å²) in [6.07, 6.45) is 0.605. The van der Waals surface area contributed by atoms with Crippen LogP contribution in [0, 0.1) is 10.5 Å². The number of hydrogen-bond acceptors (Lipinski definition) is 4. The fourth-order valence-corrected chi connectivity index (χ4v) is 3.57. The van der Waals surface area contributed by atoms with Crippen LogP contribution in [0.3, 0.4) is 0 Å². The second-order valence-corrected chi connectivity index (χ2v) is 8.03. The van der Waals surface area contributed by atoms with Gasteiger partial charge in [-0.15, -0.1) is 11.3 Å². The molecule has 1 aromatic carbocycles. The Morgan fingerprint density at radius 1 is 1.32 bits per heavy atom. The van der Waals surface area contributed by atoms with Crippen LogP contribution in [0.1, 0.15) is 10.7 Å². The van der Waals surface area contributed by atoms with Crippen molar-refractivity contribution in [2.75, 3.05) is 6.54 Å². The van der Waals surface area contributed by atoms with Crippen molar-refractivity contribution in [3.8, 4) is 0 Å². The van der Waals surface area contributed by atoms with Gasteiger partial charge in [0.1, 0.15) is 0 Å². The van der Waals surface area contributed by atoms with Gasteiger partial charge in [0.2, 0.25) is 10.0 Å². The quantitative estimate of drug-likeness (QED) is 0.774. The van der Waals surface area contributed by atoms with Crippen molar-refractivity contribution >= 4 is 44.0 Å². The molecule has 1 heterocycles. The summed E-state index contributed by atoms with van der Waals surface area (Å²) in [5.74, 6) is 0. The minimum absolute atomic E-state index is 0.294. The molecule has 0 radical (unpaired) electrons. The normalized spacial score (nSPS) is 11.7. The Kier molecular flexibility index (Phi) is 4.93. The summed E-state index contributed by atoms with van der Waals surface area (Å²) in [5, 5.41) is 2.95. The Balaban J connectivity index is 1.96. The highest BCUT2D eigenvalue weighted by Crippen LogP contribution is 2.12. The highest BCUT2D eigenvalue weighted by Gasteiger charge is 2.13. The molecule has 0 fully saturated rings. The fraction of sp³-hybridized carbons (Fsp3) is 0.250. The number of thiazole rings is 1. The lowest BCUT2D eigenvalue weighted by molar-refractivity contribution is 0.581. The third-order valence-electron chi connectivity index (χ3n) is 2.46. The maximum Gasteiger partial charge on any atom is 0.240 e. The Morgan fingerprint density at radius 3 is 2.58 bits per heavy atom. The zero-order valence-corrected chi connectivity index (χ0v) is 14.0. The first-order chi connectivity index (χ1) is 8.97. The Bertz CT molecular complexity index is 651. The summed E-state index contributed by atoms with van der Waals surface area (Å²) in [6, 6.07) is 6.77. The SMILES string of the molecule is Cc1nc(CCNS(=O)(=O)c2ccc(I)cc2)cs1. The van der Waals surface area contributed by atoms with Crippen LogP contribution in [0.5, 0.6) is 0 Å². The van der Waals surface area contributed by atoms with Crippen molar-refractivity contribution in [1.29, 1.82) is 0 Å².